The van der Waals surface area contributed by atoms with Crippen LogP contribution in [-0.4, -0.2) is 16.1 Å². The molecule has 1 N–H and O–H groups in total. The third-order valence-electron chi connectivity index (χ3n) is 3.15. The van der Waals surface area contributed by atoms with Gasteiger partial charge in [-0.25, -0.2) is 0 Å². The van der Waals surface area contributed by atoms with Gasteiger partial charge in [0.2, 0.25) is 5.90 Å². The molecule has 2 aromatic rings. The monoisotopic (exact) mass is 523 g/mol. The summed E-state index contributed by atoms with van der Waals surface area (Å²) in [6, 6.07) is 9.75. The van der Waals surface area contributed by atoms with Gasteiger partial charge in [0.1, 0.15) is 5.75 Å². The molecule has 11 heteroatoms. The Balaban J connectivity index is 2.43. The van der Waals surface area contributed by atoms with Crippen LogP contribution in [0.25, 0.3) is 0 Å². The molecule has 2 rings (SSSR count). The molecule has 146 valence electrons. The molecule has 1 unspecified atom stereocenters. The van der Waals surface area contributed by atoms with Gasteiger partial charge in [-0.05, 0) is 35.9 Å². The van der Waals surface area contributed by atoms with Crippen LogP contribution < -0.4 is 4.74 Å². The van der Waals surface area contributed by atoms with Crippen LogP contribution in [0.2, 0.25) is 5.02 Å². The maximum atomic E-state index is 12.3. The summed E-state index contributed by atoms with van der Waals surface area (Å²) >= 11 is 26.5. The predicted molar refractivity (Wildman–Crippen MR) is 103 cm³/mol. The van der Waals surface area contributed by atoms with E-state index in [0.29, 0.717) is 15.6 Å². The molecule has 0 aliphatic rings. The summed E-state index contributed by atoms with van der Waals surface area (Å²) in [5.74, 6) is -1.09. The third kappa shape index (κ3) is 6.61. The van der Waals surface area contributed by atoms with Crippen LogP contribution in [-0.2, 0) is 4.74 Å². The Bertz CT molecular complexity index is 826. The number of halogens is 8. The number of hydrogen-bond donors (Lipinski definition) is 1. The van der Waals surface area contributed by atoms with Crippen molar-refractivity contribution in [2.75, 3.05) is 0 Å². The average molecular weight is 526 g/mol. The fraction of sp³-hybridized carbons (Fsp3) is 0.188. The molecule has 0 fully saturated rings. The number of nitrogens with one attached hydrogen (secondary N) is 1. The average Bonchev–Trinajstić information content (AvgIpc) is 2.53. The van der Waals surface area contributed by atoms with Crippen LogP contribution in [0.3, 0.4) is 0 Å². The van der Waals surface area contributed by atoms with E-state index in [2.05, 4.69) is 20.7 Å². The number of hydrogen-bond acceptors (Lipinski definition) is 3. The van der Waals surface area contributed by atoms with Crippen molar-refractivity contribution in [1.82, 2.24) is 0 Å². The van der Waals surface area contributed by atoms with Crippen LogP contribution in [0.1, 0.15) is 17.2 Å². The minimum atomic E-state index is -4.82. The van der Waals surface area contributed by atoms with Gasteiger partial charge in [0.15, 0.2) is 6.10 Å². The van der Waals surface area contributed by atoms with Crippen molar-refractivity contribution in [3.05, 3.63) is 63.1 Å². The minimum absolute atomic E-state index is 0.288. The van der Waals surface area contributed by atoms with E-state index < -0.39 is 27.9 Å². The maximum absolute atomic E-state index is 12.3. The molecular weight excluding hydrogens is 517 g/mol. The van der Waals surface area contributed by atoms with Gasteiger partial charge in [-0.1, -0.05) is 74.5 Å². The molecule has 0 saturated carbocycles. The number of benzene rings is 2. The second-order valence-corrected chi connectivity index (χ2v) is 8.71. The molecule has 3 nitrogen and oxygen atoms in total. The van der Waals surface area contributed by atoms with Gasteiger partial charge >= 0.3 is 6.36 Å². The lowest BCUT2D eigenvalue weighted by atomic mass is 10.0. The molecule has 0 spiro atoms. The Morgan fingerprint density at radius 3 is 2.15 bits per heavy atom. The van der Waals surface area contributed by atoms with E-state index in [9.17, 15) is 13.2 Å². The highest BCUT2D eigenvalue weighted by atomic mass is 79.9. The molecule has 0 aliphatic carbocycles. The Labute approximate surface area is 180 Å². The second-order valence-electron chi connectivity index (χ2n) is 5.11. The van der Waals surface area contributed by atoms with Gasteiger partial charge in [-0.2, -0.15) is 0 Å². The first-order chi connectivity index (χ1) is 12.4. The fourth-order valence-electron chi connectivity index (χ4n) is 2.06. The molecule has 0 heterocycles. The lowest BCUT2D eigenvalue weighted by molar-refractivity contribution is -0.274. The molecule has 0 saturated heterocycles. The third-order valence-corrected chi connectivity index (χ3v) is 4.50. The van der Waals surface area contributed by atoms with Crippen molar-refractivity contribution in [2.24, 2.45) is 0 Å². The first-order valence-corrected chi connectivity index (χ1v) is 9.30. The molecule has 0 aliphatic heterocycles. The Morgan fingerprint density at radius 1 is 1.04 bits per heavy atom. The number of alkyl halides is 6. The highest BCUT2D eigenvalue weighted by Crippen LogP contribution is 2.38. The molecule has 2 aromatic carbocycles. The van der Waals surface area contributed by atoms with Crippen molar-refractivity contribution in [3.8, 4) is 5.75 Å². The Morgan fingerprint density at radius 2 is 1.63 bits per heavy atom. The molecular formula is C16H9BrCl4F3NO2. The van der Waals surface area contributed by atoms with Gasteiger partial charge in [-0.3, -0.25) is 5.41 Å². The first-order valence-electron chi connectivity index (χ1n) is 7.00. The summed E-state index contributed by atoms with van der Waals surface area (Å²) in [5, 5.41) is 8.10. The second kappa shape index (κ2) is 8.66. The smallest absolute Gasteiger partial charge is 0.465 e. The number of ether oxygens (including phenoxy) is 2. The van der Waals surface area contributed by atoms with Gasteiger partial charge < -0.3 is 9.47 Å². The van der Waals surface area contributed by atoms with Gasteiger partial charge in [0, 0.05) is 15.1 Å². The van der Waals surface area contributed by atoms with E-state index in [4.69, 9.17) is 56.5 Å². The predicted octanol–water partition coefficient (Wildman–Crippen LogP) is 7.45. The molecule has 0 radical (unpaired) electrons. The van der Waals surface area contributed by atoms with E-state index in [0.717, 1.165) is 12.1 Å². The van der Waals surface area contributed by atoms with Crippen LogP contribution in [0, 0.1) is 5.41 Å². The first kappa shape index (κ1) is 22.4. The Kier molecular flexibility index (Phi) is 7.19. The van der Waals surface area contributed by atoms with Crippen LogP contribution >= 0.6 is 62.3 Å². The summed E-state index contributed by atoms with van der Waals surface area (Å²) in [7, 11) is 0. The van der Waals surface area contributed by atoms with E-state index in [1.54, 1.807) is 18.2 Å². The van der Waals surface area contributed by atoms with Gasteiger partial charge in [-0.15, -0.1) is 13.2 Å². The van der Waals surface area contributed by atoms with Crippen LogP contribution in [0.4, 0.5) is 13.2 Å². The fourth-order valence-corrected chi connectivity index (χ4v) is 2.78. The zero-order valence-corrected chi connectivity index (χ0v) is 17.6. The largest absolute Gasteiger partial charge is 0.573 e. The minimum Gasteiger partial charge on any atom is -0.465 e. The summed E-state index contributed by atoms with van der Waals surface area (Å²) in [5.41, 5.74) is 0.776. The van der Waals surface area contributed by atoms with E-state index >= 15 is 0 Å². The van der Waals surface area contributed by atoms with Crippen molar-refractivity contribution >= 4 is 68.2 Å². The lowest BCUT2D eigenvalue weighted by Gasteiger charge is -2.24. The van der Waals surface area contributed by atoms with E-state index in [-0.39, 0.29) is 5.02 Å². The summed E-state index contributed by atoms with van der Waals surface area (Å²) in [6.07, 6.45) is -5.83. The van der Waals surface area contributed by atoms with Crippen molar-refractivity contribution in [1.29, 1.82) is 5.41 Å². The molecule has 0 bridgehead atoms. The molecule has 1 atom stereocenters. The van der Waals surface area contributed by atoms with E-state index in [1.165, 1.54) is 12.1 Å². The highest BCUT2D eigenvalue weighted by Gasteiger charge is 2.33. The standard InChI is InChI=1S/C16H9BrCl4F3NO2/c17-9-3-6-12(18)11(7-9)13(26-14(25)15(19,20)21)8-1-4-10(5-2-8)27-16(22,23)24/h1-7,13,25H. The SMILES string of the molecule is N=C(OC(c1ccc(OC(F)(F)F)cc1)c1cc(Br)ccc1Cl)C(Cl)(Cl)Cl. The molecule has 0 amide bonds. The topological polar surface area (TPSA) is 42.3 Å². The van der Waals surface area contributed by atoms with Gasteiger partial charge in [0.05, 0.1) is 0 Å². The summed E-state index contributed by atoms with van der Waals surface area (Å²) in [6.45, 7) is 0. The van der Waals surface area contributed by atoms with Gasteiger partial charge in [0.25, 0.3) is 3.79 Å². The summed E-state index contributed by atoms with van der Waals surface area (Å²) < 4.78 is 44.8. The quantitative estimate of drug-likeness (QED) is 0.256. The highest BCUT2D eigenvalue weighted by molar-refractivity contribution is 9.10. The Hall–Kier alpha value is -0.860. The zero-order chi connectivity index (χ0) is 20.4. The number of rotatable bonds is 4. The lowest BCUT2D eigenvalue weighted by Crippen LogP contribution is -2.24. The van der Waals surface area contributed by atoms with Crippen molar-refractivity contribution in [2.45, 2.75) is 16.3 Å². The normalized spacial score (nSPS) is 13.2. The summed E-state index contributed by atoms with van der Waals surface area (Å²) in [4.78, 5) is 0. The van der Waals surface area contributed by atoms with Crippen LogP contribution in [0.15, 0.2) is 46.9 Å². The van der Waals surface area contributed by atoms with Crippen molar-refractivity contribution < 1.29 is 22.6 Å². The molecule has 0 aromatic heterocycles. The van der Waals surface area contributed by atoms with Crippen molar-refractivity contribution in [3.63, 3.8) is 0 Å². The van der Waals surface area contributed by atoms with Crippen LogP contribution in [0.5, 0.6) is 5.75 Å². The maximum Gasteiger partial charge on any atom is 0.573 e. The van der Waals surface area contributed by atoms with E-state index in [1.807, 2.05) is 0 Å². The zero-order valence-electron chi connectivity index (χ0n) is 13.0. The molecule has 27 heavy (non-hydrogen) atoms.